The van der Waals surface area contributed by atoms with Gasteiger partial charge in [0.05, 0.1) is 0 Å². The number of halogens is 1. The van der Waals surface area contributed by atoms with Crippen LogP contribution in [0.25, 0.3) is 15.4 Å². The Kier molecular flexibility index (Phi) is 5.42. The van der Waals surface area contributed by atoms with E-state index in [4.69, 9.17) is 0 Å². The molecule has 3 rings (SSSR count). The van der Waals surface area contributed by atoms with Gasteiger partial charge in [0.25, 0.3) is 0 Å². The third kappa shape index (κ3) is 3.86. The first-order chi connectivity index (χ1) is 11.8. The van der Waals surface area contributed by atoms with Crippen LogP contribution in [-0.4, -0.2) is 20.5 Å². The van der Waals surface area contributed by atoms with Gasteiger partial charge >= 0.3 is 0 Å². The Bertz CT molecular complexity index is 873. The smallest absolute Gasteiger partial charge is 0.206 e. The van der Waals surface area contributed by atoms with Gasteiger partial charge in [-0.25, -0.2) is 0 Å². The van der Waals surface area contributed by atoms with Crippen LogP contribution >= 0.6 is 39.0 Å². The van der Waals surface area contributed by atoms with E-state index in [1.807, 2.05) is 0 Å². The quantitative estimate of drug-likeness (QED) is 0.439. The van der Waals surface area contributed by atoms with Crippen LogP contribution in [0.3, 0.4) is 0 Å². The molecule has 0 fully saturated rings. The standard InChI is InChI=1S/C19H22BrN3S2/c1-6-24-18-22-21-17(20)23(18)15-11-12(2)16(25-15)13-7-9-14(10-8-13)19(3,4)5/h7-11H,6H2,1-5H3. The topological polar surface area (TPSA) is 30.7 Å². The maximum absolute atomic E-state index is 4.27. The second-order valence-electron chi connectivity index (χ2n) is 6.94. The van der Waals surface area contributed by atoms with E-state index < -0.39 is 0 Å². The highest BCUT2D eigenvalue weighted by Gasteiger charge is 2.17. The van der Waals surface area contributed by atoms with Gasteiger partial charge in [-0.2, -0.15) is 0 Å². The highest BCUT2D eigenvalue weighted by molar-refractivity contribution is 9.10. The van der Waals surface area contributed by atoms with Gasteiger partial charge in [-0.05, 0) is 56.8 Å². The van der Waals surface area contributed by atoms with Crippen molar-refractivity contribution in [3.8, 4) is 15.4 Å². The Morgan fingerprint density at radius 2 is 1.84 bits per heavy atom. The van der Waals surface area contributed by atoms with Crippen molar-refractivity contribution in [2.45, 2.75) is 45.2 Å². The molecule has 0 unspecified atom stereocenters. The highest BCUT2D eigenvalue weighted by atomic mass is 79.9. The summed E-state index contributed by atoms with van der Waals surface area (Å²) in [5.74, 6) is 0.969. The van der Waals surface area contributed by atoms with Gasteiger partial charge in [0, 0.05) is 4.88 Å². The van der Waals surface area contributed by atoms with Crippen LogP contribution in [0.5, 0.6) is 0 Å². The number of thioether (sulfide) groups is 1. The summed E-state index contributed by atoms with van der Waals surface area (Å²) in [4.78, 5) is 1.29. The number of aryl methyl sites for hydroxylation is 1. The lowest BCUT2D eigenvalue weighted by atomic mass is 9.86. The molecule has 1 aromatic carbocycles. The van der Waals surface area contributed by atoms with Crippen LogP contribution in [0.4, 0.5) is 0 Å². The summed E-state index contributed by atoms with van der Waals surface area (Å²) in [5.41, 5.74) is 4.06. The second-order valence-corrected chi connectivity index (χ2v) is 9.92. The van der Waals surface area contributed by atoms with Crippen molar-refractivity contribution in [3.63, 3.8) is 0 Å². The molecule has 0 aliphatic rings. The molecule has 0 aliphatic heterocycles. The van der Waals surface area contributed by atoms with Crippen LogP contribution in [0.15, 0.2) is 40.2 Å². The van der Waals surface area contributed by atoms with Crippen molar-refractivity contribution in [2.24, 2.45) is 0 Å². The summed E-state index contributed by atoms with van der Waals surface area (Å²) < 4.78 is 2.83. The molecule has 0 N–H and O–H groups in total. The van der Waals surface area contributed by atoms with Crippen LogP contribution in [-0.2, 0) is 5.41 Å². The molecule has 0 bridgehead atoms. The van der Waals surface area contributed by atoms with Gasteiger partial charge in [-0.1, -0.05) is 63.7 Å². The molecule has 0 spiro atoms. The number of thiophene rings is 1. The van der Waals surface area contributed by atoms with E-state index in [9.17, 15) is 0 Å². The van der Waals surface area contributed by atoms with E-state index >= 15 is 0 Å². The van der Waals surface area contributed by atoms with Crippen LogP contribution < -0.4 is 0 Å². The summed E-state index contributed by atoms with van der Waals surface area (Å²) in [6.45, 7) is 11.0. The lowest BCUT2D eigenvalue weighted by Gasteiger charge is -2.19. The molecule has 2 aromatic heterocycles. The number of benzene rings is 1. The van der Waals surface area contributed by atoms with Gasteiger partial charge in [-0.15, -0.1) is 21.5 Å². The van der Waals surface area contributed by atoms with E-state index in [0.29, 0.717) is 0 Å². The zero-order chi connectivity index (χ0) is 18.2. The minimum Gasteiger partial charge on any atom is -0.255 e. The number of hydrogen-bond acceptors (Lipinski definition) is 4. The zero-order valence-corrected chi connectivity index (χ0v) is 18.3. The molecule has 6 heteroatoms. The largest absolute Gasteiger partial charge is 0.255 e. The van der Waals surface area contributed by atoms with Gasteiger partial charge in [0.2, 0.25) is 4.73 Å². The zero-order valence-electron chi connectivity index (χ0n) is 15.1. The SMILES string of the molecule is CCSc1nnc(Br)n1-c1cc(C)c(-c2ccc(C(C)(C)C)cc2)s1. The Morgan fingerprint density at radius 3 is 2.44 bits per heavy atom. The molecule has 0 saturated heterocycles. The average molecular weight is 436 g/mol. The summed E-state index contributed by atoms with van der Waals surface area (Å²) >= 11 is 7.00. The first-order valence-electron chi connectivity index (χ1n) is 8.26. The molecule has 0 atom stereocenters. The fourth-order valence-electron chi connectivity index (χ4n) is 2.64. The van der Waals surface area contributed by atoms with Crippen LogP contribution in [0.2, 0.25) is 0 Å². The van der Waals surface area contributed by atoms with E-state index in [2.05, 4.69) is 95.6 Å². The fourth-order valence-corrected chi connectivity index (χ4v) is 5.23. The van der Waals surface area contributed by atoms with Gasteiger partial charge in [0.15, 0.2) is 5.16 Å². The summed E-state index contributed by atoms with van der Waals surface area (Å²) in [7, 11) is 0. The van der Waals surface area contributed by atoms with Gasteiger partial charge < -0.3 is 0 Å². The first-order valence-corrected chi connectivity index (χ1v) is 10.9. The molecule has 3 nitrogen and oxygen atoms in total. The van der Waals surface area contributed by atoms with Crippen LogP contribution in [0.1, 0.15) is 38.8 Å². The minimum absolute atomic E-state index is 0.174. The third-order valence-electron chi connectivity index (χ3n) is 4.01. The Labute approximate surface area is 166 Å². The van der Waals surface area contributed by atoms with Crippen molar-refractivity contribution in [2.75, 3.05) is 5.75 Å². The number of aromatic nitrogens is 3. The summed E-state index contributed by atoms with van der Waals surface area (Å²) in [6, 6.07) is 11.1. The second kappa shape index (κ2) is 7.25. The number of nitrogens with zero attached hydrogens (tertiary/aromatic N) is 3. The molecule has 0 saturated carbocycles. The summed E-state index contributed by atoms with van der Waals surface area (Å²) in [5, 5.41) is 10.5. The normalized spacial score (nSPS) is 11.9. The highest BCUT2D eigenvalue weighted by Crippen LogP contribution is 2.37. The Balaban J connectivity index is 2.00. The average Bonchev–Trinajstić information content (AvgIpc) is 3.10. The van der Waals surface area contributed by atoms with Crippen molar-refractivity contribution in [1.29, 1.82) is 0 Å². The molecule has 132 valence electrons. The van der Waals surface area contributed by atoms with Gasteiger partial charge in [0.1, 0.15) is 5.00 Å². The summed E-state index contributed by atoms with van der Waals surface area (Å²) in [6.07, 6.45) is 0. The van der Waals surface area contributed by atoms with Crippen molar-refractivity contribution < 1.29 is 0 Å². The van der Waals surface area contributed by atoms with Crippen molar-refractivity contribution >= 4 is 39.0 Å². The molecule has 2 heterocycles. The molecular weight excluding hydrogens is 414 g/mol. The van der Waals surface area contributed by atoms with E-state index in [1.165, 1.54) is 21.6 Å². The van der Waals surface area contributed by atoms with Crippen LogP contribution in [0, 0.1) is 6.92 Å². The predicted molar refractivity (Wildman–Crippen MR) is 112 cm³/mol. The lowest BCUT2D eigenvalue weighted by molar-refractivity contribution is 0.590. The van der Waals surface area contributed by atoms with Gasteiger partial charge in [-0.3, -0.25) is 4.57 Å². The molecule has 0 radical (unpaired) electrons. The maximum atomic E-state index is 4.27. The fraction of sp³-hybridized carbons (Fsp3) is 0.368. The van der Waals surface area contributed by atoms with Crippen molar-refractivity contribution in [3.05, 3.63) is 46.2 Å². The Morgan fingerprint density at radius 1 is 1.16 bits per heavy atom. The molecular formula is C19H22BrN3S2. The monoisotopic (exact) mass is 435 g/mol. The molecule has 0 aliphatic carbocycles. The molecule has 3 aromatic rings. The van der Waals surface area contributed by atoms with E-state index in [1.54, 1.807) is 23.1 Å². The number of rotatable bonds is 4. The van der Waals surface area contributed by atoms with E-state index in [-0.39, 0.29) is 5.41 Å². The molecule has 25 heavy (non-hydrogen) atoms. The minimum atomic E-state index is 0.174. The number of hydrogen-bond donors (Lipinski definition) is 0. The van der Waals surface area contributed by atoms with E-state index in [0.717, 1.165) is 20.6 Å². The maximum Gasteiger partial charge on any atom is 0.206 e. The molecule has 0 amide bonds. The van der Waals surface area contributed by atoms with Crippen molar-refractivity contribution in [1.82, 2.24) is 14.8 Å². The Hall–Kier alpha value is -1.11. The third-order valence-corrected chi connectivity index (χ3v) is 6.60. The first kappa shape index (κ1) is 18.7. The lowest BCUT2D eigenvalue weighted by Crippen LogP contribution is -2.10. The predicted octanol–water partition coefficient (Wildman–Crippen LogP) is 6.48.